The lowest BCUT2D eigenvalue weighted by Crippen LogP contribution is -2.18. The summed E-state index contributed by atoms with van der Waals surface area (Å²) in [5.74, 6) is 0.877. The molecular formula is C17H20ClNO. The third-order valence-electron chi connectivity index (χ3n) is 3.48. The van der Waals surface area contributed by atoms with Crippen LogP contribution in [0.3, 0.4) is 0 Å². The minimum absolute atomic E-state index is 0.226. The van der Waals surface area contributed by atoms with E-state index in [1.165, 1.54) is 5.56 Å². The minimum Gasteiger partial charge on any atom is -0.496 e. The Morgan fingerprint density at radius 2 is 1.90 bits per heavy atom. The van der Waals surface area contributed by atoms with E-state index in [-0.39, 0.29) is 6.04 Å². The number of methoxy groups -OCH3 is 1. The molecule has 0 bridgehead atoms. The van der Waals surface area contributed by atoms with Crippen LogP contribution < -0.4 is 10.1 Å². The molecule has 0 heterocycles. The molecule has 0 saturated heterocycles. The van der Waals surface area contributed by atoms with Crippen LogP contribution in [0.1, 0.15) is 23.6 Å². The predicted octanol–water partition coefficient (Wildman–Crippen LogP) is 4.24. The first kappa shape index (κ1) is 14.9. The molecule has 0 saturated carbocycles. The quantitative estimate of drug-likeness (QED) is 0.859. The summed E-state index contributed by atoms with van der Waals surface area (Å²) in [5.41, 5.74) is 2.45. The minimum atomic E-state index is 0.226. The summed E-state index contributed by atoms with van der Waals surface area (Å²) in [6.45, 7) is 0. The summed E-state index contributed by atoms with van der Waals surface area (Å²) < 4.78 is 5.44. The molecule has 0 fully saturated rings. The first-order chi connectivity index (χ1) is 9.74. The second kappa shape index (κ2) is 7.32. The van der Waals surface area contributed by atoms with Crippen molar-refractivity contribution in [3.8, 4) is 5.75 Å². The zero-order valence-corrected chi connectivity index (χ0v) is 12.7. The van der Waals surface area contributed by atoms with E-state index < -0.39 is 0 Å². The first-order valence-corrected chi connectivity index (χ1v) is 7.17. The van der Waals surface area contributed by atoms with Gasteiger partial charge >= 0.3 is 0 Å². The largest absolute Gasteiger partial charge is 0.496 e. The Morgan fingerprint density at radius 3 is 2.55 bits per heavy atom. The van der Waals surface area contributed by atoms with Gasteiger partial charge in [0.1, 0.15) is 5.75 Å². The maximum absolute atomic E-state index is 6.11. The molecule has 2 nitrogen and oxygen atoms in total. The van der Waals surface area contributed by atoms with Crippen molar-refractivity contribution in [2.75, 3.05) is 14.2 Å². The molecule has 20 heavy (non-hydrogen) atoms. The van der Waals surface area contributed by atoms with Crippen LogP contribution in [0.4, 0.5) is 0 Å². The molecule has 2 rings (SSSR count). The molecule has 106 valence electrons. The topological polar surface area (TPSA) is 21.3 Å². The van der Waals surface area contributed by atoms with Crippen molar-refractivity contribution >= 4 is 11.6 Å². The fraction of sp³-hybridized carbons (Fsp3) is 0.294. The normalized spacial score (nSPS) is 12.2. The summed E-state index contributed by atoms with van der Waals surface area (Å²) >= 11 is 6.11. The molecule has 1 unspecified atom stereocenters. The molecular weight excluding hydrogens is 270 g/mol. The van der Waals surface area contributed by atoms with Crippen LogP contribution in [0.2, 0.25) is 5.02 Å². The van der Waals surface area contributed by atoms with Crippen molar-refractivity contribution in [1.82, 2.24) is 5.32 Å². The van der Waals surface area contributed by atoms with Gasteiger partial charge in [-0.3, -0.25) is 0 Å². The second-order valence-corrected chi connectivity index (χ2v) is 5.19. The Kier molecular flexibility index (Phi) is 5.45. The van der Waals surface area contributed by atoms with Crippen molar-refractivity contribution in [3.05, 3.63) is 64.7 Å². The van der Waals surface area contributed by atoms with E-state index in [4.69, 9.17) is 16.3 Å². The Bertz CT molecular complexity index is 542. The summed E-state index contributed by atoms with van der Waals surface area (Å²) in [6, 6.07) is 16.5. The van der Waals surface area contributed by atoms with Crippen LogP contribution in [0.5, 0.6) is 5.75 Å². The molecule has 0 spiro atoms. The lowest BCUT2D eigenvalue weighted by molar-refractivity contribution is 0.399. The van der Waals surface area contributed by atoms with Crippen LogP contribution in [-0.4, -0.2) is 14.2 Å². The Hall–Kier alpha value is -1.51. The third-order valence-corrected chi connectivity index (χ3v) is 3.72. The summed E-state index contributed by atoms with van der Waals surface area (Å²) in [4.78, 5) is 0. The average Bonchev–Trinajstić information content (AvgIpc) is 2.49. The highest BCUT2D eigenvalue weighted by Crippen LogP contribution is 2.30. The van der Waals surface area contributed by atoms with Crippen molar-refractivity contribution in [2.45, 2.75) is 18.9 Å². The van der Waals surface area contributed by atoms with Gasteiger partial charge in [-0.15, -0.1) is 0 Å². The van der Waals surface area contributed by atoms with Gasteiger partial charge < -0.3 is 10.1 Å². The van der Waals surface area contributed by atoms with Crippen LogP contribution >= 0.6 is 11.6 Å². The van der Waals surface area contributed by atoms with Gasteiger partial charge in [-0.05, 0) is 43.7 Å². The van der Waals surface area contributed by atoms with Gasteiger partial charge in [-0.25, -0.2) is 0 Å². The highest BCUT2D eigenvalue weighted by atomic mass is 35.5. The fourth-order valence-corrected chi connectivity index (χ4v) is 2.57. The van der Waals surface area contributed by atoms with Gasteiger partial charge in [0.15, 0.2) is 0 Å². The number of hydrogen-bond donors (Lipinski definition) is 1. The molecule has 3 heteroatoms. The zero-order chi connectivity index (χ0) is 14.4. The lowest BCUT2D eigenvalue weighted by atomic mass is 9.98. The van der Waals surface area contributed by atoms with Gasteiger partial charge in [0.2, 0.25) is 0 Å². The van der Waals surface area contributed by atoms with E-state index in [1.54, 1.807) is 7.11 Å². The number of rotatable bonds is 6. The van der Waals surface area contributed by atoms with Crippen LogP contribution in [-0.2, 0) is 6.42 Å². The molecule has 2 aromatic carbocycles. The molecule has 0 aliphatic rings. The summed E-state index contributed by atoms with van der Waals surface area (Å²) in [6.07, 6.45) is 2.01. The molecule has 0 radical (unpaired) electrons. The van der Waals surface area contributed by atoms with Crippen LogP contribution in [0.15, 0.2) is 48.5 Å². The summed E-state index contributed by atoms with van der Waals surface area (Å²) in [5, 5.41) is 4.09. The maximum atomic E-state index is 6.11. The number of aryl methyl sites for hydroxylation is 1. The molecule has 1 atom stereocenters. The van der Waals surface area contributed by atoms with Crippen LogP contribution in [0, 0.1) is 0 Å². The van der Waals surface area contributed by atoms with Crippen molar-refractivity contribution in [2.24, 2.45) is 0 Å². The average molecular weight is 290 g/mol. The Morgan fingerprint density at radius 1 is 1.15 bits per heavy atom. The van der Waals surface area contributed by atoms with Gasteiger partial charge in [0.25, 0.3) is 0 Å². The zero-order valence-electron chi connectivity index (χ0n) is 11.9. The molecule has 2 aromatic rings. The molecule has 1 N–H and O–H groups in total. The van der Waals surface area contributed by atoms with Crippen molar-refractivity contribution in [3.63, 3.8) is 0 Å². The van der Waals surface area contributed by atoms with E-state index >= 15 is 0 Å². The molecule has 0 aliphatic carbocycles. The molecule has 0 aliphatic heterocycles. The Balaban J connectivity index is 2.14. The van der Waals surface area contributed by atoms with E-state index in [0.29, 0.717) is 0 Å². The number of benzene rings is 2. The number of nitrogens with one attached hydrogen (secondary N) is 1. The van der Waals surface area contributed by atoms with Gasteiger partial charge in [0.05, 0.1) is 7.11 Å². The van der Waals surface area contributed by atoms with Crippen molar-refractivity contribution < 1.29 is 4.74 Å². The van der Waals surface area contributed by atoms with Gasteiger partial charge in [-0.2, -0.15) is 0 Å². The summed E-state index contributed by atoms with van der Waals surface area (Å²) in [7, 11) is 3.66. The monoisotopic (exact) mass is 289 g/mol. The molecule has 0 amide bonds. The predicted molar refractivity (Wildman–Crippen MR) is 84.6 cm³/mol. The van der Waals surface area contributed by atoms with E-state index in [2.05, 4.69) is 29.6 Å². The highest BCUT2D eigenvalue weighted by Gasteiger charge is 2.15. The van der Waals surface area contributed by atoms with E-state index in [1.807, 2.05) is 31.3 Å². The number of hydrogen-bond acceptors (Lipinski definition) is 2. The SMILES string of the molecule is CNC(CCc1ccccc1)c1cc(Cl)ccc1OC. The highest BCUT2D eigenvalue weighted by molar-refractivity contribution is 6.30. The molecule has 0 aromatic heterocycles. The lowest BCUT2D eigenvalue weighted by Gasteiger charge is -2.19. The second-order valence-electron chi connectivity index (χ2n) is 4.75. The number of ether oxygens (including phenoxy) is 1. The Labute approximate surface area is 125 Å². The standard InChI is InChI=1S/C17H20ClNO/c1-19-16(10-8-13-6-4-3-5-7-13)15-12-14(18)9-11-17(15)20-2/h3-7,9,11-12,16,19H,8,10H2,1-2H3. The van der Waals surface area contributed by atoms with Gasteiger partial charge in [-0.1, -0.05) is 41.9 Å². The van der Waals surface area contributed by atoms with Crippen molar-refractivity contribution in [1.29, 1.82) is 0 Å². The number of halogens is 1. The van der Waals surface area contributed by atoms with Gasteiger partial charge in [0, 0.05) is 16.6 Å². The third kappa shape index (κ3) is 3.75. The first-order valence-electron chi connectivity index (χ1n) is 6.79. The van der Waals surface area contributed by atoms with E-state index in [0.717, 1.165) is 29.2 Å². The fourth-order valence-electron chi connectivity index (χ4n) is 2.39. The smallest absolute Gasteiger partial charge is 0.123 e. The van der Waals surface area contributed by atoms with Crippen LogP contribution in [0.25, 0.3) is 0 Å². The maximum Gasteiger partial charge on any atom is 0.123 e. The van der Waals surface area contributed by atoms with E-state index in [9.17, 15) is 0 Å².